The molecule has 0 amide bonds. The maximum Gasteiger partial charge on any atom is 0.163 e. The highest BCUT2D eigenvalue weighted by Crippen LogP contribution is 2.25. The third kappa shape index (κ3) is 3.21. The third-order valence-corrected chi connectivity index (χ3v) is 4.11. The molecule has 1 aromatic heterocycles. The molecule has 0 aliphatic carbocycles. The standard InChI is InChI=1S/C14H13BrO2S/c1-9-3-5-13(12(7-9)10(2)16)17-8-11-4-6-14(15)18-11/h3-7H,8H2,1-2H3. The predicted octanol–water partition coefficient (Wildman–Crippen LogP) is 4.60. The Morgan fingerprint density at radius 2 is 2.11 bits per heavy atom. The highest BCUT2D eigenvalue weighted by Gasteiger charge is 2.09. The first kappa shape index (κ1) is 13.3. The van der Waals surface area contributed by atoms with Crippen molar-refractivity contribution in [1.82, 2.24) is 0 Å². The molecule has 0 aliphatic rings. The molecule has 0 aliphatic heterocycles. The van der Waals surface area contributed by atoms with E-state index in [1.807, 2.05) is 37.3 Å². The van der Waals surface area contributed by atoms with Gasteiger partial charge in [-0.2, -0.15) is 0 Å². The Hall–Kier alpha value is -1.13. The van der Waals surface area contributed by atoms with Crippen LogP contribution < -0.4 is 4.74 Å². The summed E-state index contributed by atoms with van der Waals surface area (Å²) in [6.45, 7) is 4.01. The fourth-order valence-corrected chi connectivity index (χ4v) is 3.02. The molecule has 0 radical (unpaired) electrons. The monoisotopic (exact) mass is 324 g/mol. The van der Waals surface area contributed by atoms with Crippen LogP contribution in [-0.4, -0.2) is 5.78 Å². The zero-order chi connectivity index (χ0) is 13.1. The van der Waals surface area contributed by atoms with Gasteiger partial charge in [-0.3, -0.25) is 4.79 Å². The van der Waals surface area contributed by atoms with Crippen LogP contribution in [0.1, 0.15) is 27.7 Å². The van der Waals surface area contributed by atoms with Crippen LogP contribution in [0.3, 0.4) is 0 Å². The lowest BCUT2D eigenvalue weighted by atomic mass is 10.1. The van der Waals surface area contributed by atoms with E-state index in [1.54, 1.807) is 18.3 Å². The maximum absolute atomic E-state index is 11.5. The van der Waals surface area contributed by atoms with Gasteiger partial charge in [0.05, 0.1) is 9.35 Å². The predicted molar refractivity (Wildman–Crippen MR) is 77.5 cm³/mol. The van der Waals surface area contributed by atoms with E-state index < -0.39 is 0 Å². The quantitative estimate of drug-likeness (QED) is 0.768. The first-order chi connectivity index (χ1) is 8.56. The van der Waals surface area contributed by atoms with Gasteiger partial charge in [-0.15, -0.1) is 11.3 Å². The second kappa shape index (κ2) is 5.67. The Morgan fingerprint density at radius 3 is 2.72 bits per heavy atom. The lowest BCUT2D eigenvalue weighted by Gasteiger charge is -2.09. The number of hydrogen-bond donors (Lipinski definition) is 0. The van der Waals surface area contributed by atoms with Crippen LogP contribution in [0.4, 0.5) is 0 Å². The maximum atomic E-state index is 11.5. The number of thiophene rings is 1. The van der Waals surface area contributed by atoms with Crippen molar-refractivity contribution in [3.63, 3.8) is 0 Å². The SMILES string of the molecule is CC(=O)c1cc(C)ccc1OCc1ccc(Br)s1. The van der Waals surface area contributed by atoms with E-state index in [0.29, 0.717) is 17.9 Å². The topological polar surface area (TPSA) is 26.3 Å². The molecular formula is C14H13BrO2S. The van der Waals surface area contributed by atoms with Gasteiger partial charge in [0.1, 0.15) is 12.4 Å². The number of hydrogen-bond acceptors (Lipinski definition) is 3. The molecule has 1 aromatic carbocycles. The number of ether oxygens (including phenoxy) is 1. The molecule has 0 atom stereocenters. The van der Waals surface area contributed by atoms with E-state index >= 15 is 0 Å². The molecule has 0 bridgehead atoms. The van der Waals surface area contributed by atoms with Gasteiger partial charge in [0.2, 0.25) is 0 Å². The van der Waals surface area contributed by atoms with Crippen molar-refractivity contribution in [2.45, 2.75) is 20.5 Å². The van der Waals surface area contributed by atoms with E-state index in [1.165, 1.54) is 0 Å². The summed E-state index contributed by atoms with van der Waals surface area (Å²) in [4.78, 5) is 12.7. The third-order valence-electron chi connectivity index (χ3n) is 2.51. The molecule has 0 fully saturated rings. The molecule has 0 unspecified atom stereocenters. The first-order valence-electron chi connectivity index (χ1n) is 5.55. The Morgan fingerprint density at radius 1 is 1.33 bits per heavy atom. The molecule has 94 valence electrons. The summed E-state index contributed by atoms with van der Waals surface area (Å²) < 4.78 is 6.80. The Bertz CT molecular complexity index is 575. The van der Waals surface area contributed by atoms with Crippen LogP contribution in [0.25, 0.3) is 0 Å². The van der Waals surface area contributed by atoms with Gasteiger partial charge in [0.25, 0.3) is 0 Å². The second-order valence-electron chi connectivity index (χ2n) is 4.05. The molecule has 2 nitrogen and oxygen atoms in total. The summed E-state index contributed by atoms with van der Waals surface area (Å²) in [6, 6.07) is 9.67. The fraction of sp³-hybridized carbons (Fsp3) is 0.214. The van der Waals surface area contributed by atoms with Crippen molar-refractivity contribution in [3.8, 4) is 5.75 Å². The van der Waals surface area contributed by atoms with E-state index in [4.69, 9.17) is 4.74 Å². The van der Waals surface area contributed by atoms with Gasteiger partial charge >= 0.3 is 0 Å². The van der Waals surface area contributed by atoms with Gasteiger partial charge in [-0.05, 0) is 54.0 Å². The van der Waals surface area contributed by atoms with Crippen molar-refractivity contribution >= 4 is 33.0 Å². The molecule has 2 aromatic rings. The van der Waals surface area contributed by atoms with Gasteiger partial charge in [0, 0.05) is 4.88 Å². The molecule has 2 rings (SSSR count). The molecule has 1 heterocycles. The summed E-state index contributed by atoms with van der Waals surface area (Å²) in [5.41, 5.74) is 1.71. The van der Waals surface area contributed by atoms with E-state index in [0.717, 1.165) is 14.2 Å². The van der Waals surface area contributed by atoms with Gasteiger partial charge in [-0.25, -0.2) is 0 Å². The minimum absolute atomic E-state index is 0.0288. The lowest BCUT2D eigenvalue weighted by molar-refractivity contribution is 0.101. The largest absolute Gasteiger partial charge is 0.487 e. The summed E-state index contributed by atoms with van der Waals surface area (Å²) >= 11 is 5.05. The summed E-state index contributed by atoms with van der Waals surface area (Å²) in [5, 5.41) is 0. The molecule has 18 heavy (non-hydrogen) atoms. The fourth-order valence-electron chi connectivity index (χ4n) is 1.62. The van der Waals surface area contributed by atoms with E-state index in [-0.39, 0.29) is 5.78 Å². The average molecular weight is 325 g/mol. The number of halogens is 1. The molecule has 0 saturated heterocycles. The normalized spacial score (nSPS) is 10.4. The summed E-state index contributed by atoms with van der Waals surface area (Å²) in [5.74, 6) is 0.679. The number of carbonyl (C=O) groups is 1. The van der Waals surface area contributed by atoms with Crippen LogP contribution in [0.15, 0.2) is 34.1 Å². The number of Topliss-reactive ketones (excluding diaryl/α,β-unsaturated/α-hetero) is 1. The summed E-state index contributed by atoms with van der Waals surface area (Å²) in [7, 11) is 0. The Balaban J connectivity index is 2.16. The molecule has 0 spiro atoms. The molecule has 0 N–H and O–H groups in total. The molecule has 4 heteroatoms. The minimum Gasteiger partial charge on any atom is -0.487 e. The zero-order valence-electron chi connectivity index (χ0n) is 10.2. The van der Waals surface area contributed by atoms with Crippen LogP contribution in [-0.2, 0) is 6.61 Å². The van der Waals surface area contributed by atoms with Crippen LogP contribution >= 0.6 is 27.3 Å². The van der Waals surface area contributed by atoms with Crippen molar-refractivity contribution in [3.05, 3.63) is 50.1 Å². The molecule has 0 saturated carbocycles. The number of aryl methyl sites for hydroxylation is 1. The van der Waals surface area contributed by atoms with Crippen molar-refractivity contribution < 1.29 is 9.53 Å². The summed E-state index contributed by atoms with van der Waals surface area (Å²) in [6.07, 6.45) is 0. The Kier molecular flexibility index (Phi) is 4.19. The smallest absolute Gasteiger partial charge is 0.163 e. The van der Waals surface area contributed by atoms with Gasteiger partial charge in [0.15, 0.2) is 5.78 Å². The zero-order valence-corrected chi connectivity index (χ0v) is 12.6. The van der Waals surface area contributed by atoms with Gasteiger partial charge in [-0.1, -0.05) is 11.6 Å². The van der Waals surface area contributed by atoms with Crippen LogP contribution in [0, 0.1) is 6.92 Å². The number of carbonyl (C=O) groups excluding carboxylic acids is 1. The van der Waals surface area contributed by atoms with Gasteiger partial charge < -0.3 is 4.74 Å². The number of benzene rings is 1. The van der Waals surface area contributed by atoms with Crippen molar-refractivity contribution in [2.75, 3.05) is 0 Å². The number of rotatable bonds is 4. The molecular weight excluding hydrogens is 312 g/mol. The minimum atomic E-state index is 0.0288. The van der Waals surface area contributed by atoms with Crippen molar-refractivity contribution in [2.24, 2.45) is 0 Å². The number of ketones is 1. The van der Waals surface area contributed by atoms with E-state index in [9.17, 15) is 4.79 Å². The highest BCUT2D eigenvalue weighted by atomic mass is 79.9. The average Bonchev–Trinajstić information content (AvgIpc) is 2.73. The Labute approximate surface area is 119 Å². The van der Waals surface area contributed by atoms with Crippen LogP contribution in [0.5, 0.6) is 5.75 Å². The lowest BCUT2D eigenvalue weighted by Crippen LogP contribution is -2.01. The van der Waals surface area contributed by atoms with Crippen molar-refractivity contribution in [1.29, 1.82) is 0 Å². The highest BCUT2D eigenvalue weighted by molar-refractivity contribution is 9.11. The van der Waals surface area contributed by atoms with E-state index in [2.05, 4.69) is 15.9 Å². The second-order valence-corrected chi connectivity index (χ2v) is 6.60. The van der Waals surface area contributed by atoms with Crippen LogP contribution in [0.2, 0.25) is 0 Å². The first-order valence-corrected chi connectivity index (χ1v) is 7.16.